The van der Waals surface area contributed by atoms with Crippen LogP contribution in [0.1, 0.15) is 12.8 Å². The first-order valence-corrected chi connectivity index (χ1v) is 4.59. The quantitative estimate of drug-likeness (QED) is 0.466. The highest BCUT2D eigenvalue weighted by Gasteiger charge is 2.36. The molecule has 0 unspecified atom stereocenters. The molecule has 3 N–H and O–H groups in total. The van der Waals surface area contributed by atoms with Crippen LogP contribution in [0.25, 0.3) is 0 Å². The molecule has 0 saturated carbocycles. The Morgan fingerprint density at radius 3 is 2.38 bits per heavy atom. The van der Waals surface area contributed by atoms with Crippen LogP contribution in [0.4, 0.5) is 4.79 Å². The third kappa shape index (κ3) is 1.65. The number of piperidine rings is 1. The molecule has 72 valence electrons. The van der Waals surface area contributed by atoms with E-state index in [-0.39, 0.29) is 18.0 Å². The van der Waals surface area contributed by atoms with E-state index in [0.717, 1.165) is 25.9 Å². The van der Waals surface area contributed by atoms with Crippen molar-refractivity contribution >= 4 is 11.9 Å². The lowest BCUT2D eigenvalue weighted by Gasteiger charge is -2.25. The fourth-order valence-electron chi connectivity index (χ4n) is 1.94. The molecule has 0 aromatic heterocycles. The van der Waals surface area contributed by atoms with Gasteiger partial charge in [-0.05, 0) is 31.8 Å². The first kappa shape index (κ1) is 8.50. The van der Waals surface area contributed by atoms with Gasteiger partial charge in [0.25, 0.3) is 5.91 Å². The lowest BCUT2D eigenvalue weighted by molar-refractivity contribution is -0.121. The van der Waals surface area contributed by atoms with Crippen molar-refractivity contribution in [2.75, 3.05) is 13.1 Å². The SMILES string of the molecule is O=C1NC(=O)[C@H](C2CCNCC2)N1. The molecule has 1 atom stereocenters. The number of carbonyl (C=O) groups excluding carboxylic acids is 2. The minimum Gasteiger partial charge on any atom is -0.326 e. The van der Waals surface area contributed by atoms with E-state index in [2.05, 4.69) is 16.0 Å². The summed E-state index contributed by atoms with van der Waals surface area (Å²) < 4.78 is 0. The molecule has 0 aromatic carbocycles. The van der Waals surface area contributed by atoms with Crippen LogP contribution in [0.5, 0.6) is 0 Å². The maximum absolute atomic E-state index is 11.3. The standard InChI is InChI=1S/C8H13N3O2/c12-7-6(10-8(13)11-7)5-1-3-9-4-2-5/h5-6,9H,1-4H2,(H2,10,11,12,13)/t6-/m0/s1. The van der Waals surface area contributed by atoms with Gasteiger partial charge in [0.05, 0.1) is 0 Å². The lowest BCUT2D eigenvalue weighted by Crippen LogP contribution is -2.42. The number of urea groups is 1. The Morgan fingerprint density at radius 1 is 1.15 bits per heavy atom. The van der Waals surface area contributed by atoms with Gasteiger partial charge in [0.2, 0.25) is 0 Å². The number of hydrogen-bond acceptors (Lipinski definition) is 3. The van der Waals surface area contributed by atoms with E-state index >= 15 is 0 Å². The summed E-state index contributed by atoms with van der Waals surface area (Å²) in [6.07, 6.45) is 1.91. The molecule has 0 radical (unpaired) electrons. The smallest absolute Gasteiger partial charge is 0.322 e. The summed E-state index contributed by atoms with van der Waals surface area (Å²) in [4.78, 5) is 22.1. The molecule has 2 fully saturated rings. The molecule has 5 nitrogen and oxygen atoms in total. The number of amides is 3. The molecule has 2 aliphatic heterocycles. The van der Waals surface area contributed by atoms with Crippen LogP contribution in [0, 0.1) is 5.92 Å². The van der Waals surface area contributed by atoms with Crippen LogP contribution in [0.15, 0.2) is 0 Å². The third-order valence-corrected chi connectivity index (χ3v) is 2.66. The zero-order valence-corrected chi connectivity index (χ0v) is 7.30. The van der Waals surface area contributed by atoms with Crippen LogP contribution in [-0.4, -0.2) is 31.1 Å². The largest absolute Gasteiger partial charge is 0.326 e. The van der Waals surface area contributed by atoms with Crippen LogP contribution in [0.2, 0.25) is 0 Å². The average molecular weight is 183 g/mol. The Morgan fingerprint density at radius 2 is 1.85 bits per heavy atom. The Bertz CT molecular complexity index is 236. The number of rotatable bonds is 1. The molecule has 0 spiro atoms. The molecule has 2 rings (SSSR count). The zero-order chi connectivity index (χ0) is 9.26. The first-order valence-electron chi connectivity index (χ1n) is 4.59. The van der Waals surface area contributed by atoms with Crippen molar-refractivity contribution in [2.24, 2.45) is 5.92 Å². The maximum Gasteiger partial charge on any atom is 0.322 e. The highest BCUT2D eigenvalue weighted by molar-refractivity contribution is 6.04. The van der Waals surface area contributed by atoms with Crippen molar-refractivity contribution in [2.45, 2.75) is 18.9 Å². The maximum atomic E-state index is 11.3. The number of carbonyl (C=O) groups is 2. The molecule has 5 heteroatoms. The van der Waals surface area contributed by atoms with E-state index in [4.69, 9.17) is 0 Å². The van der Waals surface area contributed by atoms with Gasteiger partial charge in [0, 0.05) is 0 Å². The van der Waals surface area contributed by atoms with Gasteiger partial charge in [-0.1, -0.05) is 0 Å². The second-order valence-corrected chi connectivity index (χ2v) is 3.53. The van der Waals surface area contributed by atoms with E-state index in [9.17, 15) is 9.59 Å². The van der Waals surface area contributed by atoms with Crippen molar-refractivity contribution in [1.82, 2.24) is 16.0 Å². The molecule has 2 heterocycles. The highest BCUT2D eigenvalue weighted by Crippen LogP contribution is 2.18. The zero-order valence-electron chi connectivity index (χ0n) is 7.30. The van der Waals surface area contributed by atoms with Crippen molar-refractivity contribution in [3.63, 3.8) is 0 Å². The summed E-state index contributed by atoms with van der Waals surface area (Å²) >= 11 is 0. The molecule has 0 aliphatic carbocycles. The van der Waals surface area contributed by atoms with Crippen molar-refractivity contribution < 1.29 is 9.59 Å². The summed E-state index contributed by atoms with van der Waals surface area (Å²) in [6, 6.07) is -0.650. The van der Waals surface area contributed by atoms with Gasteiger partial charge in [-0.3, -0.25) is 10.1 Å². The second-order valence-electron chi connectivity index (χ2n) is 3.53. The van der Waals surface area contributed by atoms with Crippen molar-refractivity contribution in [3.8, 4) is 0 Å². The van der Waals surface area contributed by atoms with E-state index in [1.807, 2.05) is 0 Å². The number of nitrogens with one attached hydrogen (secondary N) is 3. The Hall–Kier alpha value is -1.10. The van der Waals surface area contributed by atoms with Crippen LogP contribution in [0.3, 0.4) is 0 Å². The minimum atomic E-state index is -0.353. The fraction of sp³-hybridized carbons (Fsp3) is 0.750. The van der Waals surface area contributed by atoms with Crippen molar-refractivity contribution in [1.29, 1.82) is 0 Å². The van der Waals surface area contributed by atoms with E-state index in [0.29, 0.717) is 5.92 Å². The molecule has 0 aromatic rings. The highest BCUT2D eigenvalue weighted by atomic mass is 16.2. The summed E-state index contributed by atoms with van der Waals surface area (Å²) in [5.41, 5.74) is 0. The average Bonchev–Trinajstić information content (AvgIpc) is 2.47. The molecule has 0 bridgehead atoms. The van der Waals surface area contributed by atoms with Gasteiger partial charge in [0.1, 0.15) is 6.04 Å². The van der Waals surface area contributed by atoms with Gasteiger partial charge in [-0.2, -0.15) is 0 Å². The molecule has 3 amide bonds. The Labute approximate surface area is 76.3 Å². The van der Waals surface area contributed by atoms with Gasteiger partial charge in [0.15, 0.2) is 0 Å². The summed E-state index contributed by atoms with van der Waals surface area (Å²) in [5, 5.41) is 8.12. The first-order chi connectivity index (χ1) is 6.27. The van der Waals surface area contributed by atoms with Crippen molar-refractivity contribution in [3.05, 3.63) is 0 Å². The Balaban J connectivity index is 1.99. The molecule has 13 heavy (non-hydrogen) atoms. The number of imide groups is 1. The molecule has 2 aliphatic rings. The van der Waals surface area contributed by atoms with Crippen LogP contribution < -0.4 is 16.0 Å². The van der Waals surface area contributed by atoms with Gasteiger partial charge in [-0.15, -0.1) is 0 Å². The summed E-state index contributed by atoms with van der Waals surface area (Å²) in [7, 11) is 0. The van der Waals surface area contributed by atoms with Gasteiger partial charge >= 0.3 is 6.03 Å². The monoisotopic (exact) mass is 183 g/mol. The van der Waals surface area contributed by atoms with Crippen LogP contribution in [-0.2, 0) is 4.79 Å². The number of hydrogen-bond donors (Lipinski definition) is 3. The third-order valence-electron chi connectivity index (χ3n) is 2.66. The van der Waals surface area contributed by atoms with E-state index in [1.165, 1.54) is 0 Å². The topological polar surface area (TPSA) is 70.2 Å². The Kier molecular flexibility index (Phi) is 2.18. The molecule has 2 saturated heterocycles. The summed E-state index contributed by atoms with van der Waals surface area (Å²) in [5.74, 6) is 0.129. The summed E-state index contributed by atoms with van der Waals surface area (Å²) in [6.45, 7) is 1.87. The predicted molar refractivity (Wildman–Crippen MR) is 46.1 cm³/mol. The van der Waals surface area contributed by atoms with Gasteiger partial charge < -0.3 is 10.6 Å². The van der Waals surface area contributed by atoms with E-state index < -0.39 is 0 Å². The molecular formula is C8H13N3O2. The van der Waals surface area contributed by atoms with E-state index in [1.54, 1.807) is 0 Å². The minimum absolute atomic E-state index is 0.170. The fourth-order valence-corrected chi connectivity index (χ4v) is 1.94. The lowest BCUT2D eigenvalue weighted by atomic mass is 9.90. The predicted octanol–water partition coefficient (Wildman–Crippen LogP) is -0.806. The van der Waals surface area contributed by atoms with Crippen LogP contribution >= 0.6 is 0 Å². The molecular weight excluding hydrogens is 170 g/mol. The normalized spacial score (nSPS) is 30.0. The van der Waals surface area contributed by atoms with Gasteiger partial charge in [-0.25, -0.2) is 4.79 Å². The second kappa shape index (κ2) is 3.33.